The van der Waals surface area contributed by atoms with Crippen molar-refractivity contribution in [2.24, 2.45) is 5.92 Å². The average molecular weight is 318 g/mol. The SMILES string of the molecule is COC(=O)NC1CCCC1C(=O)NC(CC(=O)O)C(=O)CF. The monoisotopic (exact) mass is 318 g/mol. The van der Waals surface area contributed by atoms with E-state index in [2.05, 4.69) is 15.4 Å². The van der Waals surface area contributed by atoms with Crippen LogP contribution in [0.25, 0.3) is 0 Å². The van der Waals surface area contributed by atoms with Crippen LogP contribution in [0.4, 0.5) is 9.18 Å². The molecule has 0 saturated heterocycles. The summed E-state index contributed by atoms with van der Waals surface area (Å²) >= 11 is 0. The number of carboxylic acids is 1. The average Bonchev–Trinajstić information content (AvgIpc) is 2.93. The van der Waals surface area contributed by atoms with Crippen molar-refractivity contribution in [1.29, 1.82) is 0 Å². The Hall–Kier alpha value is -2.19. The number of ether oxygens (including phenoxy) is 1. The molecule has 124 valence electrons. The van der Waals surface area contributed by atoms with Gasteiger partial charge in [0.25, 0.3) is 0 Å². The predicted octanol–water partition coefficient (Wildman–Crippen LogP) is 0.00920. The molecule has 1 aliphatic carbocycles. The highest BCUT2D eigenvalue weighted by molar-refractivity contribution is 5.93. The van der Waals surface area contributed by atoms with Gasteiger partial charge in [-0.25, -0.2) is 9.18 Å². The standard InChI is InChI=1S/C13H19FN2O6/c1-22-13(21)16-8-4-2-3-7(8)12(20)15-9(5-11(18)19)10(17)6-14/h7-9H,2-6H2,1H3,(H,15,20)(H,16,21)(H,18,19). The largest absolute Gasteiger partial charge is 0.481 e. The lowest BCUT2D eigenvalue weighted by atomic mass is 10.0. The van der Waals surface area contributed by atoms with E-state index >= 15 is 0 Å². The number of aliphatic carboxylic acids is 1. The Morgan fingerprint density at radius 3 is 2.55 bits per heavy atom. The van der Waals surface area contributed by atoms with Crippen LogP contribution < -0.4 is 10.6 Å². The second-order valence-corrected chi connectivity index (χ2v) is 5.04. The minimum atomic E-state index is -1.41. The molecule has 22 heavy (non-hydrogen) atoms. The molecule has 1 rings (SSSR count). The Morgan fingerprint density at radius 2 is 2.00 bits per heavy atom. The molecule has 3 unspecified atom stereocenters. The molecule has 0 aliphatic heterocycles. The van der Waals surface area contributed by atoms with Gasteiger partial charge in [-0.05, 0) is 12.8 Å². The van der Waals surface area contributed by atoms with Crippen LogP contribution in [0.1, 0.15) is 25.7 Å². The van der Waals surface area contributed by atoms with Gasteiger partial charge in [-0.15, -0.1) is 0 Å². The number of methoxy groups -OCH3 is 1. The summed E-state index contributed by atoms with van der Waals surface area (Å²) in [6.07, 6.45) is 0.369. The van der Waals surface area contributed by atoms with Crippen molar-refractivity contribution in [3.05, 3.63) is 0 Å². The first-order valence-corrected chi connectivity index (χ1v) is 6.84. The third-order valence-corrected chi connectivity index (χ3v) is 3.56. The highest BCUT2D eigenvalue weighted by Gasteiger charge is 2.36. The Morgan fingerprint density at radius 1 is 1.32 bits per heavy atom. The highest BCUT2D eigenvalue weighted by Crippen LogP contribution is 2.26. The molecular formula is C13H19FN2O6. The minimum absolute atomic E-state index is 0.460. The lowest BCUT2D eigenvalue weighted by Crippen LogP contribution is -2.49. The van der Waals surface area contributed by atoms with Crippen molar-refractivity contribution in [2.75, 3.05) is 13.8 Å². The van der Waals surface area contributed by atoms with Gasteiger partial charge >= 0.3 is 12.1 Å². The summed E-state index contributed by atoms with van der Waals surface area (Å²) in [5, 5.41) is 13.5. The molecule has 9 heteroatoms. The molecule has 0 spiro atoms. The molecule has 8 nitrogen and oxygen atoms in total. The van der Waals surface area contributed by atoms with Crippen molar-refractivity contribution in [1.82, 2.24) is 10.6 Å². The van der Waals surface area contributed by atoms with E-state index in [1.54, 1.807) is 0 Å². The van der Waals surface area contributed by atoms with Crippen LogP contribution in [0.15, 0.2) is 0 Å². The van der Waals surface area contributed by atoms with Crippen LogP contribution in [0, 0.1) is 5.92 Å². The number of carboxylic acid groups (broad SMARTS) is 1. The smallest absolute Gasteiger partial charge is 0.407 e. The molecule has 0 aromatic carbocycles. The highest BCUT2D eigenvalue weighted by atomic mass is 19.1. The number of hydrogen-bond acceptors (Lipinski definition) is 5. The van der Waals surface area contributed by atoms with Gasteiger partial charge in [-0.3, -0.25) is 14.4 Å². The Balaban J connectivity index is 2.69. The van der Waals surface area contributed by atoms with Crippen molar-refractivity contribution in [3.8, 4) is 0 Å². The molecule has 1 saturated carbocycles. The fourth-order valence-corrected chi connectivity index (χ4v) is 2.45. The fourth-order valence-electron chi connectivity index (χ4n) is 2.45. The van der Waals surface area contributed by atoms with Gasteiger partial charge in [0.15, 0.2) is 5.78 Å². The quantitative estimate of drug-likeness (QED) is 0.608. The summed E-state index contributed by atoms with van der Waals surface area (Å²) in [7, 11) is 1.20. The van der Waals surface area contributed by atoms with Gasteiger partial charge in [0.2, 0.25) is 5.91 Å². The zero-order valence-corrected chi connectivity index (χ0v) is 12.1. The first kappa shape index (κ1) is 17.9. The Bertz CT molecular complexity index is 456. The second-order valence-electron chi connectivity index (χ2n) is 5.04. The molecule has 0 aromatic rings. The van der Waals surface area contributed by atoms with Gasteiger partial charge in [-0.2, -0.15) is 0 Å². The number of hydrogen-bond donors (Lipinski definition) is 3. The summed E-state index contributed by atoms with van der Waals surface area (Å²) in [5.41, 5.74) is 0. The zero-order valence-electron chi connectivity index (χ0n) is 12.1. The van der Waals surface area contributed by atoms with Crippen LogP contribution in [0.5, 0.6) is 0 Å². The van der Waals surface area contributed by atoms with Gasteiger partial charge < -0.3 is 20.5 Å². The number of carbonyl (C=O) groups excluding carboxylic acids is 3. The van der Waals surface area contributed by atoms with E-state index < -0.39 is 54.8 Å². The van der Waals surface area contributed by atoms with Crippen molar-refractivity contribution in [2.45, 2.75) is 37.8 Å². The van der Waals surface area contributed by atoms with Crippen LogP contribution in [0.2, 0.25) is 0 Å². The molecule has 0 radical (unpaired) electrons. The minimum Gasteiger partial charge on any atom is -0.481 e. The van der Waals surface area contributed by atoms with E-state index in [1.807, 2.05) is 0 Å². The molecule has 0 bridgehead atoms. The Kier molecular flexibility index (Phi) is 6.74. The van der Waals surface area contributed by atoms with Crippen molar-refractivity contribution < 1.29 is 33.4 Å². The number of amides is 2. The maximum absolute atomic E-state index is 12.4. The molecule has 3 atom stereocenters. The first-order valence-electron chi connectivity index (χ1n) is 6.84. The summed E-state index contributed by atoms with van der Waals surface area (Å²) < 4.78 is 16.9. The first-order chi connectivity index (χ1) is 10.4. The molecule has 1 fully saturated rings. The van der Waals surface area contributed by atoms with E-state index in [0.29, 0.717) is 19.3 Å². The number of Topliss-reactive ketones (excluding diaryl/α,β-unsaturated/α-hetero) is 1. The Labute approximate surface area is 126 Å². The third kappa shape index (κ3) is 4.97. The summed E-state index contributed by atoms with van der Waals surface area (Å²) in [4.78, 5) is 45.4. The molecule has 0 aromatic heterocycles. The van der Waals surface area contributed by atoms with E-state index in [9.17, 15) is 23.6 Å². The van der Waals surface area contributed by atoms with Crippen LogP contribution in [-0.2, 0) is 19.1 Å². The van der Waals surface area contributed by atoms with Gasteiger partial charge in [0, 0.05) is 6.04 Å². The zero-order chi connectivity index (χ0) is 16.7. The molecule has 3 N–H and O–H groups in total. The van der Waals surface area contributed by atoms with E-state index in [-0.39, 0.29) is 0 Å². The van der Waals surface area contributed by atoms with E-state index in [4.69, 9.17) is 5.11 Å². The molecule has 2 amide bonds. The van der Waals surface area contributed by atoms with Gasteiger partial charge in [-0.1, -0.05) is 6.42 Å². The summed E-state index contributed by atoms with van der Waals surface area (Å²) in [5.74, 6) is -3.50. The lowest BCUT2D eigenvalue weighted by molar-refractivity contribution is -0.140. The number of nitrogens with one attached hydrogen (secondary N) is 2. The van der Waals surface area contributed by atoms with Gasteiger partial charge in [0.05, 0.1) is 19.4 Å². The fraction of sp³-hybridized carbons (Fsp3) is 0.692. The third-order valence-electron chi connectivity index (χ3n) is 3.56. The topological polar surface area (TPSA) is 122 Å². The van der Waals surface area contributed by atoms with Crippen LogP contribution in [-0.4, -0.2) is 54.7 Å². The van der Waals surface area contributed by atoms with Crippen molar-refractivity contribution in [3.63, 3.8) is 0 Å². The number of ketones is 1. The second kappa shape index (κ2) is 8.30. The van der Waals surface area contributed by atoms with E-state index in [0.717, 1.165) is 0 Å². The molecule has 1 aliphatic rings. The molecular weight excluding hydrogens is 299 g/mol. The molecule has 0 heterocycles. The normalized spacial score (nSPS) is 21.7. The number of rotatable bonds is 7. The van der Waals surface area contributed by atoms with Crippen LogP contribution >= 0.6 is 0 Å². The number of alkyl carbamates (subject to hydrolysis) is 1. The lowest BCUT2D eigenvalue weighted by Gasteiger charge is -2.22. The number of carbonyl (C=O) groups is 4. The maximum Gasteiger partial charge on any atom is 0.407 e. The maximum atomic E-state index is 12.4. The summed E-state index contributed by atoms with van der Waals surface area (Å²) in [6, 6.07) is -1.87. The number of halogens is 1. The predicted molar refractivity (Wildman–Crippen MR) is 71.8 cm³/mol. The van der Waals surface area contributed by atoms with E-state index in [1.165, 1.54) is 7.11 Å². The number of alkyl halides is 1. The van der Waals surface area contributed by atoms with Crippen molar-refractivity contribution >= 4 is 23.8 Å². The summed E-state index contributed by atoms with van der Waals surface area (Å²) in [6.45, 7) is -1.35. The van der Waals surface area contributed by atoms with Crippen LogP contribution in [0.3, 0.4) is 0 Å². The van der Waals surface area contributed by atoms with Gasteiger partial charge in [0.1, 0.15) is 12.7 Å².